The topological polar surface area (TPSA) is 54.5 Å². The number of aromatic nitrogens is 1. The number of carbonyl (C=O) groups excluding carboxylic acids is 1. The first-order chi connectivity index (χ1) is 10.5. The standard InChI is InChI=1S/C14H13Cl2N3O2S/c1-8-2-3-9(4-11(8)15)21-10-6-19(7-10)14(20)18-13-17-5-12(16)22-13/h2-5,10H,6-7H2,1H3,(H,17,18,20). The lowest BCUT2D eigenvalue weighted by molar-refractivity contribution is 0.0493. The minimum absolute atomic E-state index is 0.0237. The predicted octanol–water partition coefficient (Wildman–Crippen LogP) is 4.05. The first-order valence-electron chi connectivity index (χ1n) is 6.61. The summed E-state index contributed by atoms with van der Waals surface area (Å²) in [6.07, 6.45) is 1.48. The van der Waals surface area contributed by atoms with Crippen molar-refractivity contribution in [1.82, 2.24) is 9.88 Å². The molecule has 2 amide bonds. The summed E-state index contributed by atoms with van der Waals surface area (Å²) in [5.41, 5.74) is 1.01. The normalized spacial score (nSPS) is 14.6. The van der Waals surface area contributed by atoms with Crippen LogP contribution in [0.15, 0.2) is 24.4 Å². The Hall–Kier alpha value is -1.50. The number of likely N-dealkylation sites (tertiary alicyclic amines) is 1. The molecule has 2 heterocycles. The number of hydrogen-bond donors (Lipinski definition) is 1. The van der Waals surface area contributed by atoms with Crippen molar-refractivity contribution in [2.24, 2.45) is 0 Å². The lowest BCUT2D eigenvalue weighted by Crippen LogP contribution is -2.57. The zero-order valence-corrected chi connectivity index (χ0v) is 14.0. The number of amides is 2. The van der Waals surface area contributed by atoms with E-state index in [4.69, 9.17) is 27.9 Å². The fourth-order valence-corrected chi connectivity index (χ4v) is 2.97. The Morgan fingerprint density at radius 2 is 2.23 bits per heavy atom. The maximum atomic E-state index is 12.0. The molecule has 0 saturated carbocycles. The molecule has 116 valence electrons. The van der Waals surface area contributed by atoms with Gasteiger partial charge in [-0.05, 0) is 24.6 Å². The fraction of sp³-hybridized carbons (Fsp3) is 0.286. The SMILES string of the molecule is Cc1ccc(OC2CN(C(=O)Nc3ncc(Cl)s3)C2)cc1Cl. The molecule has 0 unspecified atom stereocenters. The first-order valence-corrected chi connectivity index (χ1v) is 8.18. The molecule has 1 saturated heterocycles. The summed E-state index contributed by atoms with van der Waals surface area (Å²) in [5, 5.41) is 3.86. The summed E-state index contributed by atoms with van der Waals surface area (Å²) in [6, 6.07) is 5.37. The van der Waals surface area contributed by atoms with Crippen molar-refractivity contribution in [1.29, 1.82) is 0 Å². The Labute approximate surface area is 141 Å². The zero-order valence-electron chi connectivity index (χ0n) is 11.7. The zero-order chi connectivity index (χ0) is 15.7. The van der Waals surface area contributed by atoms with Gasteiger partial charge < -0.3 is 9.64 Å². The number of rotatable bonds is 3. The van der Waals surface area contributed by atoms with Crippen LogP contribution in [-0.4, -0.2) is 35.1 Å². The Balaban J connectivity index is 1.49. The molecular weight excluding hydrogens is 345 g/mol. The van der Waals surface area contributed by atoms with Crippen molar-refractivity contribution >= 4 is 45.7 Å². The van der Waals surface area contributed by atoms with Gasteiger partial charge in [-0.1, -0.05) is 40.6 Å². The summed E-state index contributed by atoms with van der Waals surface area (Å²) in [7, 11) is 0. The van der Waals surface area contributed by atoms with Gasteiger partial charge in [0, 0.05) is 5.02 Å². The monoisotopic (exact) mass is 357 g/mol. The van der Waals surface area contributed by atoms with Gasteiger partial charge in [0.05, 0.1) is 19.3 Å². The van der Waals surface area contributed by atoms with Crippen LogP contribution >= 0.6 is 34.5 Å². The highest BCUT2D eigenvalue weighted by Crippen LogP contribution is 2.26. The van der Waals surface area contributed by atoms with E-state index >= 15 is 0 Å². The number of carbonyl (C=O) groups is 1. The van der Waals surface area contributed by atoms with E-state index in [-0.39, 0.29) is 12.1 Å². The van der Waals surface area contributed by atoms with Crippen LogP contribution in [0.1, 0.15) is 5.56 Å². The van der Waals surface area contributed by atoms with Gasteiger partial charge in [0.1, 0.15) is 16.2 Å². The third-order valence-electron chi connectivity index (χ3n) is 3.27. The molecular formula is C14H13Cl2N3O2S. The molecule has 1 aliphatic heterocycles. The summed E-state index contributed by atoms with van der Waals surface area (Å²) in [5.74, 6) is 0.715. The third kappa shape index (κ3) is 3.45. The van der Waals surface area contributed by atoms with Crippen molar-refractivity contribution in [3.8, 4) is 5.75 Å². The second-order valence-corrected chi connectivity index (χ2v) is 7.02. The molecule has 5 nitrogen and oxygen atoms in total. The van der Waals surface area contributed by atoms with Gasteiger partial charge in [0.25, 0.3) is 0 Å². The van der Waals surface area contributed by atoms with Crippen molar-refractivity contribution in [3.05, 3.63) is 39.3 Å². The quantitative estimate of drug-likeness (QED) is 0.901. The van der Waals surface area contributed by atoms with E-state index < -0.39 is 0 Å². The van der Waals surface area contributed by atoms with Crippen LogP contribution in [0.5, 0.6) is 5.75 Å². The number of benzene rings is 1. The molecule has 1 aromatic carbocycles. The number of urea groups is 1. The van der Waals surface area contributed by atoms with E-state index in [0.717, 1.165) is 5.56 Å². The highest BCUT2D eigenvalue weighted by Gasteiger charge is 2.32. The van der Waals surface area contributed by atoms with E-state index in [2.05, 4.69) is 10.3 Å². The van der Waals surface area contributed by atoms with Crippen LogP contribution in [0.3, 0.4) is 0 Å². The summed E-state index contributed by atoms with van der Waals surface area (Å²) >= 11 is 13.1. The van der Waals surface area contributed by atoms with Crippen LogP contribution in [0.25, 0.3) is 0 Å². The molecule has 3 rings (SSSR count). The van der Waals surface area contributed by atoms with Gasteiger partial charge in [-0.2, -0.15) is 0 Å². The number of ether oxygens (including phenoxy) is 1. The molecule has 0 radical (unpaired) electrons. The Morgan fingerprint density at radius 1 is 1.45 bits per heavy atom. The van der Waals surface area contributed by atoms with Crippen LogP contribution in [0, 0.1) is 6.92 Å². The lowest BCUT2D eigenvalue weighted by atomic mass is 10.2. The molecule has 0 bridgehead atoms. The number of hydrogen-bond acceptors (Lipinski definition) is 4. The third-order valence-corrected chi connectivity index (χ3v) is 4.71. The molecule has 0 atom stereocenters. The molecule has 8 heteroatoms. The molecule has 1 N–H and O–H groups in total. The highest BCUT2D eigenvalue weighted by molar-refractivity contribution is 7.19. The molecule has 0 spiro atoms. The van der Waals surface area contributed by atoms with Crippen molar-refractivity contribution < 1.29 is 9.53 Å². The largest absolute Gasteiger partial charge is 0.487 e. The van der Waals surface area contributed by atoms with E-state index in [9.17, 15) is 4.79 Å². The van der Waals surface area contributed by atoms with Crippen molar-refractivity contribution in [3.63, 3.8) is 0 Å². The number of halogens is 2. The van der Waals surface area contributed by atoms with E-state index in [1.54, 1.807) is 11.0 Å². The molecule has 1 aliphatic rings. The maximum Gasteiger partial charge on any atom is 0.323 e. The fourth-order valence-electron chi connectivity index (χ4n) is 2.00. The van der Waals surface area contributed by atoms with Crippen LogP contribution in [-0.2, 0) is 0 Å². The molecule has 1 aromatic heterocycles. The highest BCUT2D eigenvalue weighted by atomic mass is 35.5. The van der Waals surface area contributed by atoms with Gasteiger partial charge in [-0.3, -0.25) is 5.32 Å². The molecule has 22 heavy (non-hydrogen) atoms. The van der Waals surface area contributed by atoms with Gasteiger partial charge in [0.2, 0.25) is 0 Å². The molecule has 2 aromatic rings. The van der Waals surface area contributed by atoms with Gasteiger partial charge >= 0.3 is 6.03 Å². The molecule has 0 aliphatic carbocycles. The summed E-state index contributed by atoms with van der Waals surface area (Å²) in [6.45, 7) is 2.99. The average molecular weight is 358 g/mol. The van der Waals surface area contributed by atoms with Gasteiger partial charge in [-0.15, -0.1) is 0 Å². The number of nitrogens with one attached hydrogen (secondary N) is 1. The minimum Gasteiger partial charge on any atom is -0.487 e. The Morgan fingerprint density at radius 3 is 2.86 bits per heavy atom. The minimum atomic E-state index is -0.201. The Bertz CT molecular complexity index is 701. The lowest BCUT2D eigenvalue weighted by Gasteiger charge is -2.38. The number of nitrogens with zero attached hydrogens (tertiary/aromatic N) is 2. The van der Waals surface area contributed by atoms with Gasteiger partial charge in [-0.25, -0.2) is 9.78 Å². The van der Waals surface area contributed by atoms with E-state index in [0.29, 0.717) is 33.3 Å². The second-order valence-electron chi connectivity index (χ2n) is 4.96. The first kappa shape index (κ1) is 15.4. The van der Waals surface area contributed by atoms with Crippen molar-refractivity contribution in [2.45, 2.75) is 13.0 Å². The number of aryl methyl sites for hydroxylation is 1. The van der Waals surface area contributed by atoms with Crippen LogP contribution < -0.4 is 10.1 Å². The summed E-state index contributed by atoms with van der Waals surface area (Å²) < 4.78 is 6.32. The van der Waals surface area contributed by atoms with E-state index in [1.807, 2.05) is 19.1 Å². The van der Waals surface area contributed by atoms with E-state index in [1.165, 1.54) is 17.5 Å². The van der Waals surface area contributed by atoms with Crippen LogP contribution in [0.2, 0.25) is 9.36 Å². The van der Waals surface area contributed by atoms with Crippen molar-refractivity contribution in [2.75, 3.05) is 18.4 Å². The molecule has 1 fully saturated rings. The Kier molecular flexibility index (Phi) is 4.42. The smallest absolute Gasteiger partial charge is 0.323 e. The average Bonchev–Trinajstić information content (AvgIpc) is 2.82. The summed E-state index contributed by atoms with van der Waals surface area (Å²) in [4.78, 5) is 17.6. The van der Waals surface area contributed by atoms with Gasteiger partial charge in [0.15, 0.2) is 5.13 Å². The predicted molar refractivity (Wildman–Crippen MR) is 88.3 cm³/mol. The number of anilines is 1. The van der Waals surface area contributed by atoms with Crippen LogP contribution in [0.4, 0.5) is 9.93 Å². The second kappa shape index (κ2) is 6.32. The number of thiazole rings is 1. The maximum absolute atomic E-state index is 12.0.